The van der Waals surface area contributed by atoms with Crippen LogP contribution in [0.2, 0.25) is 5.02 Å². The van der Waals surface area contributed by atoms with E-state index in [1.165, 1.54) is 12.1 Å². The molecule has 1 heterocycles. The van der Waals surface area contributed by atoms with Crippen molar-refractivity contribution in [3.05, 3.63) is 70.8 Å². The molecule has 0 radical (unpaired) electrons. The zero-order valence-electron chi connectivity index (χ0n) is 13.1. The van der Waals surface area contributed by atoms with Gasteiger partial charge in [0.15, 0.2) is 0 Å². The molecule has 130 valence electrons. The van der Waals surface area contributed by atoms with Crippen molar-refractivity contribution >= 4 is 17.3 Å². The number of hydrogen-bond donors (Lipinski definition) is 1. The highest BCUT2D eigenvalue weighted by Crippen LogP contribution is 2.51. The average Bonchev–Trinajstić information content (AvgIpc) is 3.03. The molecule has 0 saturated carbocycles. The minimum Gasteiger partial charge on any atom is -0.406 e. The normalized spacial score (nSPS) is 24.4. The van der Waals surface area contributed by atoms with Gasteiger partial charge in [0.25, 0.3) is 0 Å². The van der Waals surface area contributed by atoms with E-state index in [0.29, 0.717) is 5.02 Å². The number of ether oxygens (including phenoxy) is 1. The Balaban J connectivity index is 1.73. The van der Waals surface area contributed by atoms with Crippen molar-refractivity contribution in [2.45, 2.75) is 24.7 Å². The Hall–Kier alpha value is -2.14. The van der Waals surface area contributed by atoms with E-state index in [0.717, 1.165) is 23.2 Å². The SMILES string of the molecule is FC(F)(F)Oc1ccc2c(c1)C1C=CCC1C(c1ccccc1Cl)N2. The van der Waals surface area contributed by atoms with Gasteiger partial charge in [0.2, 0.25) is 0 Å². The first kappa shape index (κ1) is 16.3. The molecular weight excluding hydrogens is 351 g/mol. The summed E-state index contributed by atoms with van der Waals surface area (Å²) in [5, 5.41) is 4.14. The van der Waals surface area contributed by atoms with Crippen LogP contribution in [0.25, 0.3) is 0 Å². The fourth-order valence-corrected chi connectivity index (χ4v) is 4.06. The minimum atomic E-state index is -4.69. The minimum absolute atomic E-state index is 0.00980. The van der Waals surface area contributed by atoms with Crippen molar-refractivity contribution in [1.82, 2.24) is 0 Å². The Bertz CT molecular complexity index is 834. The van der Waals surface area contributed by atoms with E-state index in [2.05, 4.69) is 22.2 Å². The summed E-state index contributed by atoms with van der Waals surface area (Å²) in [4.78, 5) is 0. The molecule has 25 heavy (non-hydrogen) atoms. The van der Waals surface area contributed by atoms with Crippen LogP contribution in [-0.4, -0.2) is 6.36 Å². The van der Waals surface area contributed by atoms with Crippen molar-refractivity contribution in [2.75, 3.05) is 5.32 Å². The number of nitrogens with one attached hydrogen (secondary N) is 1. The van der Waals surface area contributed by atoms with Gasteiger partial charge in [-0.2, -0.15) is 0 Å². The van der Waals surface area contributed by atoms with Gasteiger partial charge in [-0.1, -0.05) is 42.0 Å². The van der Waals surface area contributed by atoms with Gasteiger partial charge in [0.05, 0.1) is 6.04 Å². The molecule has 3 atom stereocenters. The largest absolute Gasteiger partial charge is 0.573 e. The second-order valence-corrected chi connectivity index (χ2v) is 6.70. The molecule has 1 aliphatic carbocycles. The molecular formula is C19H15ClF3NO. The average molecular weight is 366 g/mol. The lowest BCUT2D eigenvalue weighted by Crippen LogP contribution is -2.29. The van der Waals surface area contributed by atoms with E-state index in [-0.39, 0.29) is 23.6 Å². The number of rotatable bonds is 2. The summed E-state index contributed by atoms with van der Waals surface area (Å²) in [6.07, 6.45) is 0.289. The molecule has 1 aliphatic heterocycles. The summed E-state index contributed by atoms with van der Waals surface area (Å²) in [5.41, 5.74) is 2.64. The van der Waals surface area contributed by atoms with Crippen LogP contribution in [0.4, 0.5) is 18.9 Å². The quantitative estimate of drug-likeness (QED) is 0.652. The fraction of sp³-hybridized carbons (Fsp3) is 0.263. The standard InChI is InChI=1S/C19H15ClF3NO/c20-16-7-2-1-4-14(16)18-13-6-3-5-12(13)15-10-11(25-19(21,22)23)8-9-17(15)24-18/h1-5,7-10,12-13,18,24H,6H2. The number of fused-ring (bicyclic) bond motifs is 3. The van der Waals surface area contributed by atoms with Gasteiger partial charge >= 0.3 is 6.36 Å². The molecule has 6 heteroatoms. The van der Waals surface area contributed by atoms with E-state index < -0.39 is 6.36 Å². The predicted octanol–water partition coefficient (Wildman–Crippen LogP) is 6.07. The molecule has 2 aromatic carbocycles. The third kappa shape index (κ3) is 3.09. The third-order valence-corrected chi connectivity index (χ3v) is 5.15. The van der Waals surface area contributed by atoms with Crippen LogP contribution in [-0.2, 0) is 0 Å². The molecule has 0 bridgehead atoms. The van der Waals surface area contributed by atoms with Crippen LogP contribution in [0.15, 0.2) is 54.6 Å². The van der Waals surface area contributed by atoms with E-state index in [1.54, 1.807) is 6.07 Å². The summed E-state index contributed by atoms with van der Waals surface area (Å²) >= 11 is 6.37. The Morgan fingerprint density at radius 2 is 1.88 bits per heavy atom. The predicted molar refractivity (Wildman–Crippen MR) is 90.9 cm³/mol. The van der Waals surface area contributed by atoms with Crippen molar-refractivity contribution in [3.8, 4) is 5.75 Å². The summed E-state index contributed by atoms with van der Waals surface area (Å²) in [5.74, 6) is 0.0473. The summed E-state index contributed by atoms with van der Waals surface area (Å²) in [7, 11) is 0. The molecule has 2 aliphatic rings. The van der Waals surface area contributed by atoms with Crippen molar-refractivity contribution in [1.29, 1.82) is 0 Å². The van der Waals surface area contributed by atoms with Gasteiger partial charge in [-0.25, -0.2) is 0 Å². The first-order valence-corrected chi connectivity index (χ1v) is 8.37. The zero-order chi connectivity index (χ0) is 17.6. The maximum Gasteiger partial charge on any atom is 0.573 e. The molecule has 3 unspecified atom stereocenters. The maximum atomic E-state index is 12.5. The van der Waals surface area contributed by atoms with Crippen molar-refractivity contribution in [3.63, 3.8) is 0 Å². The molecule has 4 rings (SSSR count). The van der Waals surface area contributed by atoms with Crippen molar-refractivity contribution in [2.24, 2.45) is 5.92 Å². The highest BCUT2D eigenvalue weighted by molar-refractivity contribution is 6.31. The Morgan fingerprint density at radius 1 is 1.08 bits per heavy atom. The molecule has 0 saturated heterocycles. The van der Waals surface area contributed by atoms with Crippen LogP contribution in [0, 0.1) is 5.92 Å². The number of allylic oxidation sites excluding steroid dienone is 2. The van der Waals surface area contributed by atoms with Gasteiger partial charge in [0, 0.05) is 16.6 Å². The Kier molecular flexibility index (Phi) is 3.91. The first-order valence-electron chi connectivity index (χ1n) is 8.00. The summed E-state index contributed by atoms with van der Waals surface area (Å²) < 4.78 is 41.6. The zero-order valence-corrected chi connectivity index (χ0v) is 13.8. The van der Waals surface area contributed by atoms with E-state index in [1.807, 2.05) is 24.3 Å². The van der Waals surface area contributed by atoms with Crippen LogP contribution in [0.1, 0.15) is 29.5 Å². The smallest absolute Gasteiger partial charge is 0.406 e. The van der Waals surface area contributed by atoms with Crippen LogP contribution >= 0.6 is 11.6 Å². The second kappa shape index (κ2) is 5.99. The van der Waals surface area contributed by atoms with Crippen LogP contribution < -0.4 is 10.1 Å². The molecule has 0 spiro atoms. The molecule has 2 aromatic rings. The van der Waals surface area contributed by atoms with Gasteiger partial charge in [-0.05, 0) is 47.7 Å². The lowest BCUT2D eigenvalue weighted by Gasteiger charge is -2.38. The van der Waals surface area contributed by atoms with Gasteiger partial charge in [0.1, 0.15) is 5.75 Å². The molecule has 0 amide bonds. The maximum absolute atomic E-state index is 12.5. The lowest BCUT2D eigenvalue weighted by atomic mass is 9.77. The third-order valence-electron chi connectivity index (χ3n) is 4.81. The number of hydrogen-bond acceptors (Lipinski definition) is 2. The topological polar surface area (TPSA) is 21.3 Å². The van der Waals surface area contributed by atoms with E-state index >= 15 is 0 Å². The van der Waals surface area contributed by atoms with E-state index in [4.69, 9.17) is 11.6 Å². The fourth-order valence-electron chi connectivity index (χ4n) is 3.80. The highest BCUT2D eigenvalue weighted by Gasteiger charge is 2.39. The van der Waals surface area contributed by atoms with Crippen molar-refractivity contribution < 1.29 is 17.9 Å². The Morgan fingerprint density at radius 3 is 2.64 bits per heavy atom. The van der Waals surface area contributed by atoms with Crippen LogP contribution in [0.3, 0.4) is 0 Å². The molecule has 0 fully saturated rings. The number of anilines is 1. The van der Waals surface area contributed by atoms with E-state index in [9.17, 15) is 13.2 Å². The summed E-state index contributed by atoms with van der Waals surface area (Å²) in [6, 6.07) is 12.1. The molecule has 1 N–H and O–H groups in total. The van der Waals surface area contributed by atoms with Gasteiger partial charge in [-0.3, -0.25) is 0 Å². The molecule has 2 nitrogen and oxygen atoms in total. The Labute approximate surface area is 148 Å². The lowest BCUT2D eigenvalue weighted by molar-refractivity contribution is -0.274. The number of halogens is 4. The second-order valence-electron chi connectivity index (χ2n) is 6.29. The first-order chi connectivity index (χ1) is 11.9. The van der Waals surface area contributed by atoms with Crippen LogP contribution in [0.5, 0.6) is 5.75 Å². The number of benzene rings is 2. The molecule has 0 aromatic heterocycles. The summed E-state index contributed by atoms with van der Waals surface area (Å²) in [6.45, 7) is 0. The monoisotopic (exact) mass is 365 g/mol. The van der Waals surface area contributed by atoms with Gasteiger partial charge < -0.3 is 10.1 Å². The highest BCUT2D eigenvalue weighted by atomic mass is 35.5. The number of alkyl halides is 3. The van der Waals surface area contributed by atoms with Gasteiger partial charge in [-0.15, -0.1) is 13.2 Å².